The van der Waals surface area contributed by atoms with Gasteiger partial charge in [-0.1, -0.05) is 0 Å². The van der Waals surface area contributed by atoms with Gasteiger partial charge in [-0.2, -0.15) is 0 Å². The van der Waals surface area contributed by atoms with Gasteiger partial charge in [0.15, 0.2) is 5.79 Å². The van der Waals surface area contributed by atoms with Crippen LogP contribution in [0.1, 0.15) is 68.2 Å². The molecule has 3 fully saturated rings. The fourth-order valence-electron chi connectivity index (χ4n) is 4.50. The van der Waals surface area contributed by atoms with Crippen molar-refractivity contribution in [1.82, 2.24) is 5.32 Å². The first-order valence-corrected chi connectivity index (χ1v) is 11.5. The number of aliphatic hydroxyl groups excluding tert-OH is 1. The quantitative estimate of drug-likeness (QED) is 0.578. The molecule has 0 aromatic heterocycles. The van der Waals surface area contributed by atoms with Gasteiger partial charge in [0, 0.05) is 12.8 Å². The number of fused-ring (bicyclic) bond motifs is 3. The smallest absolute Gasteiger partial charge is 0.408 e. The number of ether oxygens (including phenoxy) is 6. The van der Waals surface area contributed by atoms with Gasteiger partial charge in [0.1, 0.15) is 35.6 Å². The molecule has 0 unspecified atom stereocenters. The van der Waals surface area contributed by atoms with Crippen LogP contribution in [0.15, 0.2) is 0 Å². The first kappa shape index (κ1) is 26.2. The highest BCUT2D eigenvalue weighted by atomic mass is 16.8. The molecule has 3 rings (SSSR count). The van der Waals surface area contributed by atoms with Gasteiger partial charge in [-0.05, 0) is 55.4 Å². The van der Waals surface area contributed by atoms with Crippen LogP contribution in [0.5, 0.6) is 0 Å². The Morgan fingerprint density at radius 1 is 1.00 bits per heavy atom. The number of alkyl carbamates (subject to hydrolysis) is 1. The zero-order valence-corrected chi connectivity index (χ0v) is 20.9. The summed E-state index contributed by atoms with van der Waals surface area (Å²) in [4.78, 5) is 25.5. The third-order valence-electron chi connectivity index (χ3n) is 5.59. The molecular weight excluding hydrogens is 434 g/mol. The van der Waals surface area contributed by atoms with Crippen molar-refractivity contribution in [1.29, 1.82) is 0 Å². The first-order valence-electron chi connectivity index (χ1n) is 11.5. The second kappa shape index (κ2) is 8.96. The second-order valence-corrected chi connectivity index (χ2v) is 11.6. The topological polar surface area (TPSA) is 122 Å². The number of hydrogen-bond acceptors (Lipinski definition) is 9. The van der Waals surface area contributed by atoms with Gasteiger partial charge in [-0.15, -0.1) is 0 Å². The number of rotatable bonds is 5. The number of hydrogen-bond donors (Lipinski definition) is 2. The van der Waals surface area contributed by atoms with E-state index in [1.807, 2.05) is 13.8 Å². The molecule has 0 bridgehead atoms. The molecule has 33 heavy (non-hydrogen) atoms. The summed E-state index contributed by atoms with van der Waals surface area (Å²) in [5.74, 6) is -1.40. The monoisotopic (exact) mass is 473 g/mol. The van der Waals surface area contributed by atoms with Crippen molar-refractivity contribution < 1.29 is 43.1 Å². The van der Waals surface area contributed by atoms with Crippen LogP contribution in [-0.4, -0.2) is 83.4 Å². The summed E-state index contributed by atoms with van der Waals surface area (Å²) in [6.07, 6.45) is -1.89. The predicted molar refractivity (Wildman–Crippen MR) is 116 cm³/mol. The third-order valence-corrected chi connectivity index (χ3v) is 5.59. The number of carbonyl (C=O) groups is 2. The molecule has 190 valence electrons. The van der Waals surface area contributed by atoms with Gasteiger partial charge in [0.25, 0.3) is 0 Å². The Bertz CT molecular complexity index is 741. The number of aliphatic hydroxyl groups is 1. The summed E-state index contributed by atoms with van der Waals surface area (Å²) >= 11 is 0. The molecular formula is C23H39NO9. The lowest BCUT2D eigenvalue weighted by Gasteiger charge is -2.34. The summed E-state index contributed by atoms with van der Waals surface area (Å²) in [6.45, 7) is 14.1. The largest absolute Gasteiger partial charge is 0.458 e. The maximum atomic E-state index is 13.0. The Morgan fingerprint density at radius 2 is 1.61 bits per heavy atom. The highest BCUT2D eigenvalue weighted by molar-refractivity contribution is 5.81. The molecule has 3 saturated heterocycles. The Morgan fingerprint density at radius 3 is 2.18 bits per heavy atom. The van der Waals surface area contributed by atoms with E-state index in [4.69, 9.17) is 28.4 Å². The van der Waals surface area contributed by atoms with Crippen LogP contribution in [0.4, 0.5) is 4.79 Å². The molecule has 10 heteroatoms. The standard InChI is InChI=1S/C23H39NO9/c1-20(2,3)32-18(26)13(24-19(27)33-21(4,5)6)9-23(12-25)10-14-16(31-23)17-15(11-28-14)29-22(7,8)30-17/h13-17,25H,9-12H2,1-8H3,(H,24,27)/t13-,14+,15+,16-,17+,23+/m0/s1. The second-order valence-electron chi connectivity index (χ2n) is 11.6. The maximum absolute atomic E-state index is 13.0. The van der Waals surface area contributed by atoms with E-state index >= 15 is 0 Å². The van der Waals surface area contributed by atoms with Crippen LogP contribution in [0.2, 0.25) is 0 Å². The van der Waals surface area contributed by atoms with Gasteiger partial charge < -0.3 is 38.8 Å². The molecule has 0 aromatic carbocycles. The van der Waals surface area contributed by atoms with E-state index in [9.17, 15) is 14.7 Å². The summed E-state index contributed by atoms with van der Waals surface area (Å²) < 4.78 is 35.1. The summed E-state index contributed by atoms with van der Waals surface area (Å²) in [6, 6.07) is -1.10. The minimum Gasteiger partial charge on any atom is -0.458 e. The van der Waals surface area contributed by atoms with E-state index in [-0.39, 0.29) is 31.3 Å². The molecule has 0 aromatic rings. The van der Waals surface area contributed by atoms with Crippen LogP contribution >= 0.6 is 0 Å². The van der Waals surface area contributed by atoms with Gasteiger partial charge in [-0.3, -0.25) is 0 Å². The molecule has 6 atom stereocenters. The zero-order chi connectivity index (χ0) is 24.8. The van der Waals surface area contributed by atoms with Crippen molar-refractivity contribution in [2.75, 3.05) is 13.2 Å². The zero-order valence-electron chi connectivity index (χ0n) is 20.9. The normalized spacial score (nSPS) is 34.2. The highest BCUT2D eigenvalue weighted by Gasteiger charge is 2.59. The molecule has 0 radical (unpaired) electrons. The number of nitrogens with one attached hydrogen (secondary N) is 1. The van der Waals surface area contributed by atoms with Crippen molar-refractivity contribution >= 4 is 12.1 Å². The molecule has 3 aliphatic rings. The molecule has 10 nitrogen and oxygen atoms in total. The average molecular weight is 474 g/mol. The highest BCUT2D eigenvalue weighted by Crippen LogP contribution is 2.45. The van der Waals surface area contributed by atoms with E-state index in [0.717, 1.165) is 0 Å². The summed E-state index contributed by atoms with van der Waals surface area (Å²) in [7, 11) is 0. The van der Waals surface area contributed by atoms with Crippen molar-refractivity contribution in [3.8, 4) is 0 Å². The van der Waals surface area contributed by atoms with Gasteiger partial charge in [0.2, 0.25) is 0 Å². The van der Waals surface area contributed by atoms with E-state index < -0.39 is 46.8 Å². The third kappa shape index (κ3) is 6.57. The number of amides is 1. The van der Waals surface area contributed by atoms with Gasteiger partial charge >= 0.3 is 12.1 Å². The molecule has 3 heterocycles. The average Bonchev–Trinajstić information content (AvgIpc) is 3.14. The van der Waals surface area contributed by atoms with Crippen LogP contribution in [0, 0.1) is 0 Å². The molecule has 0 aliphatic carbocycles. The van der Waals surface area contributed by atoms with Crippen LogP contribution in [-0.2, 0) is 33.2 Å². The number of carbonyl (C=O) groups excluding carboxylic acids is 2. The van der Waals surface area contributed by atoms with Crippen LogP contribution in [0.25, 0.3) is 0 Å². The Balaban J connectivity index is 1.78. The van der Waals surface area contributed by atoms with Crippen molar-refractivity contribution in [2.24, 2.45) is 0 Å². The maximum Gasteiger partial charge on any atom is 0.408 e. The minimum atomic E-state index is -1.14. The van der Waals surface area contributed by atoms with Gasteiger partial charge in [-0.25, -0.2) is 9.59 Å². The van der Waals surface area contributed by atoms with E-state index in [1.54, 1.807) is 41.5 Å². The molecule has 1 amide bonds. The molecule has 0 saturated carbocycles. The van der Waals surface area contributed by atoms with E-state index in [0.29, 0.717) is 13.0 Å². The SMILES string of the molecule is CC(C)(C)OC(=O)N[C@@H](C[C@]1(CO)C[C@H]2OC[C@H]3OC(C)(C)O[C@H]3[C@H]2O1)C(=O)OC(C)(C)C. The Labute approximate surface area is 195 Å². The number of esters is 1. The van der Waals surface area contributed by atoms with E-state index in [1.165, 1.54) is 0 Å². The molecule has 0 spiro atoms. The lowest BCUT2D eigenvalue weighted by atomic mass is 9.89. The van der Waals surface area contributed by atoms with Crippen LogP contribution in [0.3, 0.4) is 0 Å². The minimum absolute atomic E-state index is 0.0182. The van der Waals surface area contributed by atoms with Crippen molar-refractivity contribution in [2.45, 2.75) is 121 Å². The molecule has 3 aliphatic heterocycles. The lowest BCUT2D eigenvalue weighted by Crippen LogP contribution is -2.52. The molecule has 2 N–H and O–H groups in total. The summed E-state index contributed by atoms with van der Waals surface area (Å²) in [5, 5.41) is 12.9. The predicted octanol–water partition coefficient (Wildman–Crippen LogP) is 2.05. The Kier molecular flexibility index (Phi) is 7.10. The van der Waals surface area contributed by atoms with E-state index in [2.05, 4.69) is 5.32 Å². The fourth-order valence-corrected chi connectivity index (χ4v) is 4.50. The first-order chi connectivity index (χ1) is 15.0. The van der Waals surface area contributed by atoms with Crippen molar-refractivity contribution in [3.63, 3.8) is 0 Å². The van der Waals surface area contributed by atoms with Crippen molar-refractivity contribution in [3.05, 3.63) is 0 Å². The fraction of sp³-hybridized carbons (Fsp3) is 0.913. The summed E-state index contributed by atoms with van der Waals surface area (Å²) in [5.41, 5.74) is -2.65. The van der Waals surface area contributed by atoms with Crippen LogP contribution < -0.4 is 5.32 Å². The Hall–Kier alpha value is -1.46. The lowest BCUT2D eigenvalue weighted by molar-refractivity contribution is -0.178. The van der Waals surface area contributed by atoms with Gasteiger partial charge in [0.05, 0.1) is 24.9 Å².